The quantitative estimate of drug-likeness (QED) is 0.168. The van der Waals surface area contributed by atoms with Crippen LogP contribution >= 0.6 is 23.2 Å². The van der Waals surface area contributed by atoms with Crippen molar-refractivity contribution in [2.75, 3.05) is 5.32 Å². The zero-order chi connectivity index (χ0) is 30.6. The molecule has 5 aromatic rings. The van der Waals surface area contributed by atoms with E-state index in [1.807, 2.05) is 0 Å². The average Bonchev–Trinajstić information content (AvgIpc) is 3.42. The van der Waals surface area contributed by atoms with Crippen molar-refractivity contribution in [3.8, 4) is 0 Å². The molecular formula is C31H25Cl2N3O6S. The molecule has 1 aromatic heterocycles. The lowest BCUT2D eigenvalue weighted by atomic mass is 10.1. The Morgan fingerprint density at radius 2 is 1.35 bits per heavy atom. The fraction of sp³-hybridized carbons (Fsp3) is 0.129. The van der Waals surface area contributed by atoms with Gasteiger partial charge in [0.05, 0.1) is 0 Å². The number of hydrogen-bond donors (Lipinski definition) is 2. The maximum Gasteiger partial charge on any atom is 0.394 e. The number of carboxylic acids is 1. The number of amides is 1. The SMILES string of the molecule is O=C(O)C(=O)Nc1ccc(CC(c2nc3ccccc3o2)S(=O)(=O)N(Cc2ccc(Cl)cc2)Cc2ccc(Cl)cc2)cc1. The molecule has 0 aliphatic heterocycles. The summed E-state index contributed by atoms with van der Waals surface area (Å²) in [6.07, 6.45) is -0.0138. The number of carbonyl (C=O) groups excluding carboxylic acids is 1. The summed E-state index contributed by atoms with van der Waals surface area (Å²) in [5.74, 6) is -2.77. The molecular weight excluding hydrogens is 613 g/mol. The van der Waals surface area contributed by atoms with Crippen molar-refractivity contribution >= 4 is 61.9 Å². The molecule has 0 bridgehead atoms. The zero-order valence-corrected chi connectivity index (χ0v) is 24.8. The third-order valence-corrected chi connectivity index (χ3v) is 9.25. The Morgan fingerprint density at radius 1 is 0.814 bits per heavy atom. The van der Waals surface area contributed by atoms with Crippen LogP contribution in [0.25, 0.3) is 11.1 Å². The molecule has 1 unspecified atom stereocenters. The Morgan fingerprint density at radius 3 is 1.88 bits per heavy atom. The van der Waals surface area contributed by atoms with Gasteiger partial charge in [-0.1, -0.05) is 71.7 Å². The number of benzene rings is 4. The van der Waals surface area contributed by atoms with Crippen LogP contribution in [0.4, 0.5) is 5.69 Å². The highest BCUT2D eigenvalue weighted by atomic mass is 35.5. The highest BCUT2D eigenvalue weighted by Gasteiger charge is 2.37. The minimum atomic E-state index is -4.16. The summed E-state index contributed by atoms with van der Waals surface area (Å²) in [6, 6.07) is 27.1. The second-order valence-corrected chi connectivity index (χ2v) is 12.7. The van der Waals surface area contributed by atoms with Gasteiger partial charge in [0.25, 0.3) is 0 Å². The number of aromatic nitrogens is 1. The van der Waals surface area contributed by atoms with E-state index < -0.39 is 27.1 Å². The predicted octanol–water partition coefficient (Wildman–Crippen LogP) is 6.47. The van der Waals surface area contributed by atoms with E-state index in [-0.39, 0.29) is 31.1 Å². The molecule has 12 heteroatoms. The average molecular weight is 639 g/mol. The van der Waals surface area contributed by atoms with Crippen molar-refractivity contribution in [1.29, 1.82) is 0 Å². The summed E-state index contributed by atoms with van der Waals surface area (Å²) in [6.45, 7) is 0.109. The first-order chi connectivity index (χ1) is 20.6. The van der Waals surface area contributed by atoms with E-state index in [1.54, 1.807) is 84.9 Å². The normalized spacial score (nSPS) is 12.3. The van der Waals surface area contributed by atoms with E-state index in [4.69, 9.17) is 32.7 Å². The van der Waals surface area contributed by atoms with Gasteiger partial charge in [0.15, 0.2) is 10.8 Å². The third-order valence-electron chi connectivity index (χ3n) is 6.68. The first kappa shape index (κ1) is 30.2. The molecule has 1 heterocycles. The second-order valence-electron chi connectivity index (χ2n) is 9.73. The lowest BCUT2D eigenvalue weighted by molar-refractivity contribution is -0.147. The van der Waals surface area contributed by atoms with Crippen LogP contribution in [0.5, 0.6) is 0 Å². The lowest BCUT2D eigenvalue weighted by Crippen LogP contribution is -2.35. The zero-order valence-electron chi connectivity index (χ0n) is 22.5. The van der Waals surface area contributed by atoms with Crippen molar-refractivity contribution in [3.05, 3.63) is 130 Å². The summed E-state index contributed by atoms with van der Waals surface area (Å²) in [7, 11) is -4.16. The molecule has 0 aliphatic carbocycles. The van der Waals surface area contributed by atoms with Crippen molar-refractivity contribution in [1.82, 2.24) is 9.29 Å². The maximum absolute atomic E-state index is 14.6. The number of fused-ring (bicyclic) bond motifs is 1. The highest BCUT2D eigenvalue weighted by molar-refractivity contribution is 7.89. The molecule has 0 saturated heterocycles. The largest absolute Gasteiger partial charge is 0.474 e. The van der Waals surface area contributed by atoms with Gasteiger partial charge in [0.1, 0.15) is 5.52 Å². The summed E-state index contributed by atoms with van der Waals surface area (Å²) in [4.78, 5) is 27.0. The topological polar surface area (TPSA) is 130 Å². The molecule has 0 aliphatic rings. The van der Waals surface area contributed by atoms with Crippen LogP contribution in [-0.2, 0) is 39.1 Å². The van der Waals surface area contributed by atoms with Crippen molar-refractivity contribution in [3.63, 3.8) is 0 Å². The number of hydrogen-bond acceptors (Lipinski definition) is 6. The van der Waals surface area contributed by atoms with Gasteiger partial charge < -0.3 is 14.8 Å². The van der Waals surface area contributed by atoms with Gasteiger partial charge in [-0.25, -0.2) is 18.2 Å². The Hall–Kier alpha value is -4.22. The molecule has 0 saturated carbocycles. The lowest BCUT2D eigenvalue weighted by Gasteiger charge is -2.27. The van der Waals surface area contributed by atoms with Crippen LogP contribution in [0.15, 0.2) is 101 Å². The summed E-state index contributed by atoms with van der Waals surface area (Å²) < 4.78 is 36.6. The standard InChI is InChI=1S/C31H25Cl2N3O6S/c32-23-11-5-21(6-12-23)18-36(19-22-7-13-24(33)14-8-22)43(40,41)28(30-35-26-3-1-2-4-27(26)42-30)17-20-9-15-25(16-10-20)34-29(37)31(38)39/h1-16,28H,17-19H2,(H,34,37)(H,38,39). The number of para-hydroxylation sites is 2. The van der Waals surface area contributed by atoms with E-state index in [1.165, 1.54) is 16.4 Å². The first-order valence-corrected chi connectivity index (χ1v) is 15.3. The van der Waals surface area contributed by atoms with Crippen molar-refractivity contribution < 1.29 is 27.5 Å². The van der Waals surface area contributed by atoms with Gasteiger partial charge in [-0.2, -0.15) is 4.31 Å². The third kappa shape index (κ3) is 7.41. The van der Waals surface area contributed by atoms with Crippen molar-refractivity contribution in [2.45, 2.75) is 24.8 Å². The molecule has 2 N–H and O–H groups in total. The number of carbonyl (C=O) groups is 2. The molecule has 4 aromatic carbocycles. The van der Waals surface area contributed by atoms with E-state index in [2.05, 4.69) is 10.3 Å². The van der Waals surface area contributed by atoms with Crippen LogP contribution in [0.2, 0.25) is 10.0 Å². The Bertz CT molecular complexity index is 1780. The molecule has 9 nitrogen and oxygen atoms in total. The maximum atomic E-state index is 14.6. The van der Waals surface area contributed by atoms with Gasteiger partial charge in [-0.3, -0.25) is 4.79 Å². The van der Waals surface area contributed by atoms with Gasteiger partial charge in [0.2, 0.25) is 15.9 Å². The molecule has 220 valence electrons. The molecule has 5 rings (SSSR count). The Kier molecular flexibility index (Phi) is 9.12. The number of anilines is 1. The molecule has 43 heavy (non-hydrogen) atoms. The smallest absolute Gasteiger partial charge is 0.394 e. The molecule has 0 spiro atoms. The first-order valence-electron chi connectivity index (χ1n) is 13.0. The predicted molar refractivity (Wildman–Crippen MR) is 164 cm³/mol. The minimum absolute atomic E-state index is 0.0138. The summed E-state index contributed by atoms with van der Waals surface area (Å²) in [5.41, 5.74) is 3.29. The van der Waals surface area contributed by atoms with E-state index in [0.29, 0.717) is 26.7 Å². The summed E-state index contributed by atoms with van der Waals surface area (Å²) >= 11 is 12.2. The highest BCUT2D eigenvalue weighted by Crippen LogP contribution is 2.33. The van der Waals surface area contributed by atoms with Crippen LogP contribution in [0, 0.1) is 0 Å². The van der Waals surface area contributed by atoms with Gasteiger partial charge >= 0.3 is 11.9 Å². The fourth-order valence-corrected chi connectivity index (χ4v) is 6.50. The number of halogens is 2. The van der Waals surface area contributed by atoms with E-state index in [0.717, 1.165) is 11.1 Å². The Labute approximate surface area is 257 Å². The minimum Gasteiger partial charge on any atom is -0.474 e. The van der Waals surface area contributed by atoms with E-state index >= 15 is 0 Å². The number of carboxylic acid groups (broad SMARTS) is 1. The van der Waals surface area contributed by atoms with Gasteiger partial charge in [0, 0.05) is 28.8 Å². The van der Waals surface area contributed by atoms with Gasteiger partial charge in [-0.05, 0) is 71.6 Å². The number of nitrogens with one attached hydrogen (secondary N) is 1. The second kappa shape index (κ2) is 13.0. The monoisotopic (exact) mass is 637 g/mol. The van der Waals surface area contributed by atoms with Crippen molar-refractivity contribution in [2.24, 2.45) is 0 Å². The number of nitrogens with zero attached hydrogens (tertiary/aromatic N) is 2. The van der Waals surface area contributed by atoms with Crippen LogP contribution in [-0.4, -0.2) is 34.7 Å². The number of oxazole rings is 1. The molecule has 1 amide bonds. The number of sulfonamides is 1. The van der Waals surface area contributed by atoms with Crippen LogP contribution in [0.1, 0.15) is 27.8 Å². The number of aliphatic carboxylic acids is 1. The Balaban J connectivity index is 1.54. The van der Waals surface area contributed by atoms with Gasteiger partial charge in [-0.15, -0.1) is 0 Å². The fourth-order valence-electron chi connectivity index (χ4n) is 4.47. The van der Waals surface area contributed by atoms with E-state index in [9.17, 15) is 18.0 Å². The number of rotatable bonds is 10. The molecule has 0 radical (unpaired) electrons. The summed E-state index contributed by atoms with van der Waals surface area (Å²) in [5, 5.41) is 11.0. The molecule has 0 fully saturated rings. The molecule has 1 atom stereocenters. The van der Waals surface area contributed by atoms with Crippen LogP contribution in [0.3, 0.4) is 0 Å². The van der Waals surface area contributed by atoms with Crippen LogP contribution < -0.4 is 5.32 Å².